The van der Waals surface area contributed by atoms with Crippen molar-refractivity contribution in [1.29, 1.82) is 0 Å². The van der Waals surface area contributed by atoms with Gasteiger partial charge in [0, 0.05) is 11.5 Å². The van der Waals surface area contributed by atoms with Gasteiger partial charge in [-0.3, -0.25) is 5.73 Å². The molecule has 0 aliphatic heterocycles. The van der Waals surface area contributed by atoms with E-state index in [0.29, 0.717) is 83.1 Å². The predicted molar refractivity (Wildman–Crippen MR) is 122 cm³/mol. The first kappa shape index (κ1) is 25.1. The number of hydrogen-bond acceptors (Lipinski definition) is 9. The fraction of sp³-hybridized carbons (Fsp3) is 0.476. The normalized spacial score (nSPS) is 10.9. The van der Waals surface area contributed by atoms with E-state index in [4.69, 9.17) is 34.9 Å². The van der Waals surface area contributed by atoms with E-state index in [1.54, 1.807) is 6.33 Å². The first-order valence-corrected chi connectivity index (χ1v) is 10.8. The van der Waals surface area contributed by atoms with E-state index in [9.17, 15) is 0 Å². The predicted octanol–water partition coefficient (Wildman–Crippen LogP) is 1.81. The Morgan fingerprint density at radius 2 is 1.53 bits per heavy atom. The zero-order valence-electron chi connectivity index (χ0n) is 18.8. The van der Waals surface area contributed by atoms with Crippen molar-refractivity contribution in [3.63, 3.8) is 0 Å². The first-order valence-electron chi connectivity index (χ1n) is 10.8. The second kappa shape index (κ2) is 14.6. The van der Waals surface area contributed by atoms with Gasteiger partial charge in [0.1, 0.15) is 6.61 Å². The minimum atomic E-state index is 0.239. The topological polar surface area (TPSA) is 177 Å². The number of azide groups is 1. The van der Waals surface area contributed by atoms with E-state index in [-0.39, 0.29) is 5.95 Å². The standard InChI is InChI=1S/C21H28N8O5/c22-21-27-19-18(24-15-25-19)20(28-21)34-14-17-3-1-16(2-4-17)13-33-12-11-32-10-9-31-8-7-30-6-5-26-29-23/h1-4,15H,5-14H2,(H3,22,24,25,27,28)/p+1. The molecule has 2 heterocycles. The molecule has 0 amide bonds. The maximum absolute atomic E-state index is 8.13. The van der Waals surface area contributed by atoms with Crippen molar-refractivity contribution in [3.05, 3.63) is 52.2 Å². The monoisotopic (exact) mass is 473 g/mol. The average molecular weight is 474 g/mol. The maximum Gasteiger partial charge on any atom is 0.392 e. The van der Waals surface area contributed by atoms with Crippen LogP contribution in [0.2, 0.25) is 0 Å². The zero-order valence-corrected chi connectivity index (χ0v) is 18.8. The molecule has 0 aliphatic carbocycles. The first-order chi connectivity index (χ1) is 16.8. The van der Waals surface area contributed by atoms with Gasteiger partial charge in [0.25, 0.3) is 11.5 Å². The molecule has 0 unspecified atom stereocenters. The van der Waals surface area contributed by atoms with Crippen LogP contribution in [0.15, 0.2) is 35.7 Å². The molecule has 0 bridgehead atoms. The Morgan fingerprint density at radius 3 is 2.21 bits per heavy atom. The fourth-order valence-corrected chi connectivity index (χ4v) is 2.86. The maximum atomic E-state index is 8.13. The summed E-state index contributed by atoms with van der Waals surface area (Å²) in [5.41, 5.74) is 17.1. The third-order valence-corrected chi connectivity index (χ3v) is 4.50. The lowest BCUT2D eigenvalue weighted by Gasteiger charge is -2.08. The van der Waals surface area contributed by atoms with Gasteiger partial charge in [-0.05, 0) is 21.6 Å². The molecule has 0 aliphatic rings. The van der Waals surface area contributed by atoms with Crippen LogP contribution < -0.4 is 15.5 Å². The summed E-state index contributed by atoms with van der Waals surface area (Å²) in [5, 5.41) is 3.37. The quantitative estimate of drug-likeness (QED) is 0.129. The summed E-state index contributed by atoms with van der Waals surface area (Å²) in [4.78, 5) is 16.7. The summed E-state index contributed by atoms with van der Waals surface area (Å²) in [6.45, 7) is 4.48. The van der Waals surface area contributed by atoms with E-state index in [1.165, 1.54) is 0 Å². The smallest absolute Gasteiger partial charge is 0.392 e. The van der Waals surface area contributed by atoms with Crippen molar-refractivity contribution >= 4 is 17.1 Å². The molecule has 0 spiro atoms. The van der Waals surface area contributed by atoms with Gasteiger partial charge in [0.05, 0.1) is 59.2 Å². The molecule has 34 heavy (non-hydrogen) atoms. The van der Waals surface area contributed by atoms with Crippen LogP contribution in [0.1, 0.15) is 11.1 Å². The van der Waals surface area contributed by atoms with E-state index in [2.05, 4.69) is 30.0 Å². The van der Waals surface area contributed by atoms with Gasteiger partial charge in [-0.1, -0.05) is 29.4 Å². The summed E-state index contributed by atoms with van der Waals surface area (Å²) < 4.78 is 27.6. The number of aromatic nitrogens is 4. The van der Waals surface area contributed by atoms with Crippen molar-refractivity contribution < 1.29 is 28.7 Å². The van der Waals surface area contributed by atoms with Crippen LogP contribution in [-0.2, 0) is 32.2 Å². The Bertz CT molecular complexity index is 1040. The van der Waals surface area contributed by atoms with Gasteiger partial charge >= 0.3 is 5.95 Å². The number of fused-ring (bicyclic) bond motifs is 1. The highest BCUT2D eigenvalue weighted by molar-refractivity contribution is 5.74. The number of nitrogens with two attached hydrogens (primary N) is 1. The Kier molecular flexibility index (Phi) is 10.8. The SMILES string of the molecule is [N-]=[N+]=NCCOCCOCCOCCOCc1ccc(COc2[nH+]c(N)nc3nc[nH]c23)cc1. The van der Waals surface area contributed by atoms with Crippen molar-refractivity contribution in [3.8, 4) is 5.88 Å². The molecule has 0 saturated heterocycles. The summed E-state index contributed by atoms with van der Waals surface area (Å²) in [5.74, 6) is 0.733. The number of nitrogen functional groups attached to an aromatic ring is 1. The number of anilines is 1. The van der Waals surface area contributed by atoms with Crippen molar-refractivity contribution in [2.24, 2.45) is 5.11 Å². The highest BCUT2D eigenvalue weighted by Crippen LogP contribution is 2.17. The van der Waals surface area contributed by atoms with Gasteiger partial charge in [0.2, 0.25) is 0 Å². The number of aromatic amines is 2. The zero-order chi connectivity index (χ0) is 23.8. The number of benzene rings is 1. The number of rotatable bonds is 17. The van der Waals surface area contributed by atoms with Crippen LogP contribution in [-0.4, -0.2) is 67.7 Å². The molecule has 3 aromatic rings. The Balaban J connectivity index is 1.22. The van der Waals surface area contributed by atoms with Crippen LogP contribution in [0.3, 0.4) is 0 Å². The molecule has 3 rings (SSSR count). The number of nitrogens with zero attached hydrogens (tertiary/aromatic N) is 5. The van der Waals surface area contributed by atoms with Crippen LogP contribution in [0.5, 0.6) is 5.88 Å². The second-order valence-electron chi connectivity index (χ2n) is 7.00. The van der Waals surface area contributed by atoms with E-state index < -0.39 is 0 Å². The Hall–Kier alpha value is -3.48. The molecule has 0 atom stereocenters. The average Bonchev–Trinajstić information content (AvgIpc) is 3.32. The third kappa shape index (κ3) is 8.81. The minimum absolute atomic E-state index is 0.239. The summed E-state index contributed by atoms with van der Waals surface area (Å²) >= 11 is 0. The van der Waals surface area contributed by atoms with Gasteiger partial charge in [-0.2, -0.15) is 0 Å². The molecule has 0 fully saturated rings. The number of hydrogen-bond donors (Lipinski definition) is 2. The summed E-state index contributed by atoms with van der Waals surface area (Å²) in [6, 6.07) is 7.97. The fourth-order valence-electron chi connectivity index (χ4n) is 2.86. The molecular formula is C21H29N8O5+. The number of nitrogens with one attached hydrogen (secondary N) is 2. The molecular weight excluding hydrogens is 444 g/mol. The molecule has 1 aromatic carbocycles. The molecule has 0 radical (unpaired) electrons. The van der Waals surface area contributed by atoms with Crippen molar-refractivity contribution in [2.75, 3.05) is 58.5 Å². The largest absolute Gasteiger partial charge is 0.461 e. The van der Waals surface area contributed by atoms with Crippen LogP contribution in [0.25, 0.3) is 21.6 Å². The Morgan fingerprint density at radius 1 is 0.912 bits per heavy atom. The Labute approximate surface area is 196 Å². The third-order valence-electron chi connectivity index (χ3n) is 4.50. The molecule has 13 heteroatoms. The van der Waals surface area contributed by atoms with E-state index in [1.807, 2.05) is 24.3 Å². The van der Waals surface area contributed by atoms with Gasteiger partial charge in [-0.15, -0.1) is 0 Å². The van der Waals surface area contributed by atoms with Crippen LogP contribution >= 0.6 is 0 Å². The van der Waals surface area contributed by atoms with Gasteiger partial charge in [-0.25, -0.2) is 9.97 Å². The lowest BCUT2D eigenvalue weighted by molar-refractivity contribution is -0.380. The second-order valence-corrected chi connectivity index (χ2v) is 7.00. The number of imidazole rings is 1. The molecule has 182 valence electrons. The van der Waals surface area contributed by atoms with E-state index >= 15 is 0 Å². The summed E-state index contributed by atoms with van der Waals surface area (Å²) in [6.07, 6.45) is 1.54. The molecule has 13 nitrogen and oxygen atoms in total. The van der Waals surface area contributed by atoms with Crippen molar-refractivity contribution in [2.45, 2.75) is 13.2 Å². The molecule has 2 aromatic heterocycles. The van der Waals surface area contributed by atoms with Crippen molar-refractivity contribution in [1.82, 2.24) is 15.0 Å². The van der Waals surface area contributed by atoms with E-state index in [0.717, 1.165) is 11.1 Å². The summed E-state index contributed by atoms with van der Waals surface area (Å²) in [7, 11) is 0. The lowest BCUT2D eigenvalue weighted by atomic mass is 10.1. The van der Waals surface area contributed by atoms with Crippen LogP contribution in [0, 0.1) is 0 Å². The number of H-pyrrole nitrogens is 2. The molecule has 4 N–H and O–H groups in total. The highest BCUT2D eigenvalue weighted by Gasteiger charge is 2.14. The highest BCUT2D eigenvalue weighted by atomic mass is 16.6. The molecule has 0 saturated carbocycles. The lowest BCUT2D eigenvalue weighted by Crippen LogP contribution is -2.17. The number of ether oxygens (including phenoxy) is 5. The van der Waals surface area contributed by atoms with Crippen LogP contribution in [0.4, 0.5) is 5.95 Å². The van der Waals surface area contributed by atoms with Gasteiger partial charge in [0.15, 0.2) is 5.52 Å². The van der Waals surface area contributed by atoms with Gasteiger partial charge < -0.3 is 28.7 Å². The minimum Gasteiger partial charge on any atom is -0.461 e.